The number of carbonyl (C=O) groups excluding carboxylic acids is 2. The van der Waals surface area contributed by atoms with E-state index >= 15 is 0 Å². The number of thiophene rings is 1. The predicted octanol–water partition coefficient (Wildman–Crippen LogP) is 2.81. The zero-order chi connectivity index (χ0) is 16.4. The van der Waals surface area contributed by atoms with Gasteiger partial charge in [0.25, 0.3) is 5.91 Å². The quantitative estimate of drug-likeness (QED) is 0.906. The fraction of sp³-hybridized carbons (Fsp3) is 0.400. The highest BCUT2D eigenvalue weighted by Crippen LogP contribution is 2.19. The molecule has 0 atom stereocenters. The first-order chi connectivity index (χ1) is 11.0. The molecule has 0 radical (unpaired) electrons. The van der Waals surface area contributed by atoms with Crippen molar-refractivity contribution >= 4 is 39.7 Å². The third-order valence-corrected chi connectivity index (χ3v) is 5.50. The van der Waals surface area contributed by atoms with Gasteiger partial charge in [0.2, 0.25) is 0 Å². The van der Waals surface area contributed by atoms with Crippen molar-refractivity contribution in [2.24, 2.45) is 0 Å². The Morgan fingerprint density at radius 1 is 1.13 bits per heavy atom. The molecule has 1 aliphatic heterocycles. The van der Waals surface area contributed by atoms with Gasteiger partial charge in [0.05, 0.1) is 10.6 Å². The third-order valence-electron chi connectivity index (χ3n) is 3.64. The summed E-state index contributed by atoms with van der Waals surface area (Å²) < 4.78 is 0. The second-order valence-electron chi connectivity index (χ2n) is 5.41. The van der Waals surface area contributed by atoms with Gasteiger partial charge in [-0.25, -0.2) is 9.78 Å². The zero-order valence-electron chi connectivity index (χ0n) is 13.0. The van der Waals surface area contributed by atoms with E-state index in [2.05, 4.69) is 10.3 Å². The maximum Gasteiger partial charge on any atom is 0.323 e. The molecule has 122 valence electrons. The second-order valence-corrected chi connectivity index (χ2v) is 7.56. The van der Waals surface area contributed by atoms with Crippen LogP contribution in [0.3, 0.4) is 0 Å². The number of hydrogen-bond acceptors (Lipinski definition) is 5. The monoisotopic (exact) mass is 350 g/mol. The zero-order valence-corrected chi connectivity index (χ0v) is 14.7. The van der Waals surface area contributed by atoms with Crippen LogP contribution in [0, 0.1) is 13.8 Å². The summed E-state index contributed by atoms with van der Waals surface area (Å²) in [5.41, 5.74) is 0.895. The van der Waals surface area contributed by atoms with Crippen LogP contribution >= 0.6 is 22.7 Å². The normalized spacial score (nSPS) is 14.9. The molecule has 2 aromatic heterocycles. The molecule has 1 fully saturated rings. The topological polar surface area (TPSA) is 65.5 Å². The van der Waals surface area contributed by atoms with E-state index in [-0.39, 0.29) is 11.9 Å². The number of nitrogens with zero attached hydrogens (tertiary/aromatic N) is 3. The summed E-state index contributed by atoms with van der Waals surface area (Å²) in [6.45, 7) is 6.06. The van der Waals surface area contributed by atoms with Crippen LogP contribution in [0.4, 0.5) is 9.93 Å². The van der Waals surface area contributed by atoms with Crippen LogP contribution in [0.5, 0.6) is 0 Å². The number of thiazole rings is 1. The van der Waals surface area contributed by atoms with Gasteiger partial charge in [0.1, 0.15) is 0 Å². The molecule has 0 spiro atoms. The van der Waals surface area contributed by atoms with Crippen LogP contribution in [0.25, 0.3) is 0 Å². The highest BCUT2D eigenvalue weighted by Gasteiger charge is 2.25. The smallest absolute Gasteiger partial charge is 0.323 e. The fourth-order valence-corrected chi connectivity index (χ4v) is 3.91. The summed E-state index contributed by atoms with van der Waals surface area (Å²) in [5, 5.41) is 5.31. The lowest BCUT2D eigenvalue weighted by atomic mass is 10.3. The Bertz CT molecular complexity index is 717. The number of hydrogen-bond donors (Lipinski definition) is 1. The molecule has 6 nitrogen and oxygen atoms in total. The number of aryl methyl sites for hydroxylation is 2. The molecule has 0 bridgehead atoms. The van der Waals surface area contributed by atoms with Gasteiger partial charge in [0.15, 0.2) is 5.13 Å². The molecule has 0 unspecified atom stereocenters. The molecular weight excluding hydrogens is 332 g/mol. The van der Waals surface area contributed by atoms with Gasteiger partial charge < -0.3 is 9.80 Å². The number of nitrogens with one attached hydrogen (secondary N) is 1. The Hall–Kier alpha value is -1.93. The molecule has 3 amide bonds. The highest BCUT2D eigenvalue weighted by molar-refractivity contribution is 7.14. The van der Waals surface area contributed by atoms with Crippen molar-refractivity contribution in [2.45, 2.75) is 13.8 Å². The molecule has 1 saturated heterocycles. The molecular formula is C15H18N4O2S2. The van der Waals surface area contributed by atoms with Gasteiger partial charge in [0, 0.05) is 36.4 Å². The molecule has 2 aromatic rings. The van der Waals surface area contributed by atoms with Crippen molar-refractivity contribution in [3.8, 4) is 0 Å². The lowest BCUT2D eigenvalue weighted by Crippen LogP contribution is -2.51. The van der Waals surface area contributed by atoms with Crippen LogP contribution < -0.4 is 5.32 Å². The number of rotatable bonds is 2. The molecule has 3 heterocycles. The summed E-state index contributed by atoms with van der Waals surface area (Å²) in [6.07, 6.45) is 0. The van der Waals surface area contributed by atoms with Gasteiger partial charge in [-0.05, 0) is 26.0 Å². The summed E-state index contributed by atoms with van der Waals surface area (Å²) in [5.74, 6) is 0.0544. The summed E-state index contributed by atoms with van der Waals surface area (Å²) in [7, 11) is 0. The van der Waals surface area contributed by atoms with Crippen LogP contribution in [0.15, 0.2) is 17.5 Å². The van der Waals surface area contributed by atoms with E-state index in [0.717, 1.165) is 15.4 Å². The predicted molar refractivity (Wildman–Crippen MR) is 92.4 cm³/mol. The van der Waals surface area contributed by atoms with E-state index in [4.69, 9.17) is 0 Å². The van der Waals surface area contributed by atoms with Crippen molar-refractivity contribution in [2.75, 3.05) is 31.5 Å². The van der Waals surface area contributed by atoms with Crippen molar-refractivity contribution in [3.05, 3.63) is 33.0 Å². The standard InChI is InChI=1S/C15H18N4O2S2/c1-10-9-22-14(16-10)17-15(21)19-7-5-18(6-8-19)13(20)12-4-3-11(2)23-12/h3-4,9H,5-8H2,1-2H3,(H,16,17,21). The lowest BCUT2D eigenvalue weighted by molar-refractivity contribution is 0.0676. The molecule has 0 saturated carbocycles. The Kier molecular flexibility index (Phi) is 4.63. The molecule has 1 N–H and O–H groups in total. The Balaban J connectivity index is 1.53. The van der Waals surface area contributed by atoms with Gasteiger partial charge in [-0.3, -0.25) is 10.1 Å². The van der Waals surface area contributed by atoms with Gasteiger partial charge in [-0.2, -0.15) is 0 Å². The van der Waals surface area contributed by atoms with Crippen molar-refractivity contribution in [3.63, 3.8) is 0 Å². The lowest BCUT2D eigenvalue weighted by Gasteiger charge is -2.34. The van der Waals surface area contributed by atoms with Crippen LogP contribution in [-0.4, -0.2) is 52.9 Å². The van der Waals surface area contributed by atoms with Crippen molar-refractivity contribution in [1.82, 2.24) is 14.8 Å². The largest absolute Gasteiger partial charge is 0.334 e. The minimum atomic E-state index is -0.154. The summed E-state index contributed by atoms with van der Waals surface area (Å²) >= 11 is 2.92. The summed E-state index contributed by atoms with van der Waals surface area (Å²) in [6, 6.07) is 3.67. The van der Waals surface area contributed by atoms with Crippen LogP contribution in [0.1, 0.15) is 20.2 Å². The fourth-order valence-electron chi connectivity index (χ4n) is 2.40. The molecule has 1 aliphatic rings. The molecule has 8 heteroatoms. The number of carbonyl (C=O) groups is 2. The van der Waals surface area contributed by atoms with Crippen LogP contribution in [0.2, 0.25) is 0 Å². The first kappa shape index (κ1) is 15.9. The van der Waals surface area contributed by atoms with Crippen molar-refractivity contribution < 1.29 is 9.59 Å². The van der Waals surface area contributed by atoms with E-state index in [1.807, 2.05) is 36.3 Å². The Labute approximate surface area is 142 Å². The number of amides is 3. The van der Waals surface area contributed by atoms with E-state index in [9.17, 15) is 9.59 Å². The SMILES string of the molecule is Cc1csc(NC(=O)N2CCN(C(=O)c3ccc(C)s3)CC2)n1. The molecule has 23 heavy (non-hydrogen) atoms. The second kappa shape index (κ2) is 6.67. The van der Waals surface area contributed by atoms with E-state index < -0.39 is 0 Å². The van der Waals surface area contributed by atoms with Gasteiger partial charge in [-0.1, -0.05) is 0 Å². The number of aromatic nitrogens is 1. The first-order valence-electron chi connectivity index (χ1n) is 7.37. The van der Waals surface area contributed by atoms with Crippen molar-refractivity contribution in [1.29, 1.82) is 0 Å². The van der Waals surface area contributed by atoms with Crippen LogP contribution in [-0.2, 0) is 0 Å². The average Bonchev–Trinajstić information content (AvgIpc) is 3.15. The maximum absolute atomic E-state index is 12.4. The first-order valence-corrected chi connectivity index (χ1v) is 9.06. The molecule has 3 rings (SSSR count). The number of anilines is 1. The minimum absolute atomic E-state index is 0.0544. The minimum Gasteiger partial charge on any atom is -0.334 e. The summed E-state index contributed by atoms with van der Waals surface area (Å²) in [4.78, 5) is 34.2. The average molecular weight is 350 g/mol. The third kappa shape index (κ3) is 3.70. The van der Waals surface area contributed by atoms with E-state index in [1.54, 1.807) is 4.90 Å². The Morgan fingerprint density at radius 3 is 2.39 bits per heavy atom. The Morgan fingerprint density at radius 2 is 1.83 bits per heavy atom. The van der Waals surface area contributed by atoms with E-state index in [1.165, 1.54) is 22.7 Å². The van der Waals surface area contributed by atoms with Gasteiger partial charge in [-0.15, -0.1) is 22.7 Å². The van der Waals surface area contributed by atoms with Gasteiger partial charge >= 0.3 is 6.03 Å². The highest BCUT2D eigenvalue weighted by atomic mass is 32.1. The molecule has 0 aliphatic carbocycles. The number of urea groups is 1. The van der Waals surface area contributed by atoms with E-state index in [0.29, 0.717) is 31.3 Å². The molecule has 0 aromatic carbocycles. The maximum atomic E-state index is 12.4. The number of piperazine rings is 1.